The molecule has 1 aliphatic heterocycles. The second-order valence-corrected chi connectivity index (χ2v) is 6.51. The number of hydrogen-bond donors (Lipinski definition) is 1. The van der Waals surface area contributed by atoms with Crippen molar-refractivity contribution in [2.45, 2.75) is 26.2 Å². The van der Waals surface area contributed by atoms with Crippen LogP contribution >= 0.6 is 11.6 Å². The number of rotatable bonds is 4. The van der Waals surface area contributed by atoms with Crippen molar-refractivity contribution < 1.29 is 9.90 Å². The van der Waals surface area contributed by atoms with E-state index in [2.05, 4.69) is 10.3 Å². The van der Waals surface area contributed by atoms with Crippen molar-refractivity contribution in [3.63, 3.8) is 0 Å². The van der Waals surface area contributed by atoms with Crippen LogP contribution in [0.25, 0.3) is 5.69 Å². The van der Waals surface area contributed by atoms with Gasteiger partial charge >= 0.3 is 0 Å². The number of likely N-dealkylation sites (tertiary alicyclic amines) is 1. The number of hydrogen-bond acceptors (Lipinski definition) is 4. The van der Waals surface area contributed by atoms with Crippen LogP contribution in [0.1, 0.15) is 35.9 Å². The highest BCUT2D eigenvalue weighted by molar-refractivity contribution is 6.30. The van der Waals surface area contributed by atoms with Gasteiger partial charge in [-0.25, -0.2) is 4.68 Å². The van der Waals surface area contributed by atoms with Gasteiger partial charge in [-0.05, 0) is 43.4 Å². The maximum atomic E-state index is 12.9. The van der Waals surface area contributed by atoms with Gasteiger partial charge < -0.3 is 10.0 Å². The molecule has 0 bridgehead atoms. The molecule has 0 saturated carbocycles. The molecule has 1 aromatic carbocycles. The van der Waals surface area contributed by atoms with E-state index in [-0.39, 0.29) is 18.4 Å². The zero-order chi connectivity index (χ0) is 17.1. The van der Waals surface area contributed by atoms with Crippen molar-refractivity contribution in [1.82, 2.24) is 19.9 Å². The first-order valence-electron chi connectivity index (χ1n) is 8.24. The predicted octanol–water partition coefficient (Wildman–Crippen LogP) is 2.33. The monoisotopic (exact) mass is 348 g/mol. The average Bonchev–Trinajstić information content (AvgIpc) is 3.05. The van der Waals surface area contributed by atoms with E-state index in [4.69, 9.17) is 11.6 Å². The summed E-state index contributed by atoms with van der Waals surface area (Å²) in [6, 6.07) is 7.32. The number of amides is 1. The molecule has 1 amide bonds. The first-order chi connectivity index (χ1) is 11.6. The van der Waals surface area contributed by atoms with E-state index < -0.39 is 0 Å². The Morgan fingerprint density at radius 3 is 3.00 bits per heavy atom. The van der Waals surface area contributed by atoms with Crippen LogP contribution in [-0.2, 0) is 6.42 Å². The zero-order valence-corrected chi connectivity index (χ0v) is 14.4. The Labute approximate surface area is 146 Å². The largest absolute Gasteiger partial charge is 0.396 e. The molecule has 2 aromatic rings. The predicted molar refractivity (Wildman–Crippen MR) is 91.5 cm³/mol. The van der Waals surface area contributed by atoms with Crippen LogP contribution < -0.4 is 0 Å². The molecule has 1 fully saturated rings. The van der Waals surface area contributed by atoms with Gasteiger partial charge in [0.1, 0.15) is 0 Å². The average molecular weight is 349 g/mol. The first-order valence-corrected chi connectivity index (χ1v) is 8.62. The molecule has 1 saturated heterocycles. The first kappa shape index (κ1) is 16.9. The molecular weight excluding hydrogens is 328 g/mol. The van der Waals surface area contributed by atoms with Gasteiger partial charge in [-0.15, -0.1) is 5.10 Å². The summed E-state index contributed by atoms with van der Waals surface area (Å²) >= 11 is 6.05. The number of benzene rings is 1. The number of aliphatic hydroxyl groups excluding tert-OH is 1. The van der Waals surface area contributed by atoms with Gasteiger partial charge in [0.2, 0.25) is 0 Å². The minimum Gasteiger partial charge on any atom is -0.396 e. The van der Waals surface area contributed by atoms with Gasteiger partial charge in [-0.1, -0.05) is 29.8 Å². The number of carbonyl (C=O) groups is 1. The quantitative estimate of drug-likeness (QED) is 0.920. The van der Waals surface area contributed by atoms with Gasteiger partial charge in [0.05, 0.1) is 11.4 Å². The van der Waals surface area contributed by atoms with Crippen molar-refractivity contribution in [3.05, 3.63) is 40.7 Å². The maximum absolute atomic E-state index is 12.9. The molecule has 0 aliphatic carbocycles. The van der Waals surface area contributed by atoms with Crippen LogP contribution in [-0.4, -0.2) is 50.6 Å². The third-order valence-electron chi connectivity index (χ3n) is 4.42. The van der Waals surface area contributed by atoms with E-state index in [0.717, 1.165) is 24.2 Å². The molecule has 2 heterocycles. The standard InChI is InChI=1S/C17H21ClN4O2/c1-2-15-16(17(24)21-8-4-5-12(10-21)11-23)19-20-22(15)14-7-3-6-13(18)9-14/h3,6-7,9,12,23H,2,4-5,8,10-11H2,1H3. The second kappa shape index (κ2) is 7.32. The molecule has 0 spiro atoms. The van der Waals surface area contributed by atoms with Crippen molar-refractivity contribution in [2.24, 2.45) is 5.92 Å². The summed E-state index contributed by atoms with van der Waals surface area (Å²) in [6.07, 6.45) is 2.49. The Bertz CT molecular complexity index is 731. The van der Waals surface area contributed by atoms with Crippen molar-refractivity contribution in [1.29, 1.82) is 0 Å². The fourth-order valence-electron chi connectivity index (χ4n) is 3.15. The topological polar surface area (TPSA) is 71.2 Å². The van der Waals surface area contributed by atoms with Gasteiger partial charge in [-0.2, -0.15) is 0 Å². The SMILES string of the molecule is CCc1c(C(=O)N2CCCC(CO)C2)nnn1-c1cccc(Cl)c1. The van der Waals surface area contributed by atoms with Gasteiger partial charge in [0.15, 0.2) is 5.69 Å². The Morgan fingerprint density at radius 1 is 1.46 bits per heavy atom. The molecule has 1 unspecified atom stereocenters. The minimum absolute atomic E-state index is 0.111. The molecule has 1 aromatic heterocycles. The van der Waals surface area contributed by atoms with Gasteiger partial charge in [0.25, 0.3) is 5.91 Å². The third-order valence-corrected chi connectivity index (χ3v) is 4.65. The Morgan fingerprint density at radius 2 is 2.29 bits per heavy atom. The van der Waals surface area contributed by atoms with E-state index in [1.807, 2.05) is 19.1 Å². The smallest absolute Gasteiger partial charge is 0.276 e. The molecule has 1 aliphatic rings. The zero-order valence-electron chi connectivity index (χ0n) is 13.7. The van der Waals surface area contributed by atoms with Crippen LogP contribution in [0.5, 0.6) is 0 Å². The Kier molecular flexibility index (Phi) is 5.16. The summed E-state index contributed by atoms with van der Waals surface area (Å²) in [6.45, 7) is 3.36. The Balaban J connectivity index is 1.90. The molecule has 1 atom stereocenters. The van der Waals surface area contributed by atoms with Crippen molar-refractivity contribution >= 4 is 17.5 Å². The fourth-order valence-corrected chi connectivity index (χ4v) is 3.33. The van der Waals surface area contributed by atoms with Crippen LogP contribution in [0.2, 0.25) is 5.02 Å². The summed E-state index contributed by atoms with van der Waals surface area (Å²) < 4.78 is 1.67. The summed E-state index contributed by atoms with van der Waals surface area (Å²) in [7, 11) is 0. The molecular formula is C17H21ClN4O2. The molecule has 3 rings (SSSR count). The number of aliphatic hydroxyl groups is 1. The number of aromatic nitrogens is 3. The highest BCUT2D eigenvalue weighted by Crippen LogP contribution is 2.21. The fraction of sp³-hybridized carbons (Fsp3) is 0.471. The minimum atomic E-state index is -0.113. The summed E-state index contributed by atoms with van der Waals surface area (Å²) in [5, 5.41) is 18.3. The number of piperidine rings is 1. The van der Waals surface area contributed by atoms with Crippen LogP contribution in [0.3, 0.4) is 0 Å². The van der Waals surface area contributed by atoms with Crippen LogP contribution in [0, 0.1) is 5.92 Å². The highest BCUT2D eigenvalue weighted by Gasteiger charge is 2.28. The molecule has 6 nitrogen and oxygen atoms in total. The lowest BCUT2D eigenvalue weighted by atomic mass is 9.98. The van der Waals surface area contributed by atoms with Crippen molar-refractivity contribution in [3.8, 4) is 5.69 Å². The lowest BCUT2D eigenvalue weighted by Gasteiger charge is -2.31. The number of carbonyl (C=O) groups excluding carboxylic acids is 1. The second-order valence-electron chi connectivity index (χ2n) is 6.07. The molecule has 128 valence electrons. The van der Waals surface area contributed by atoms with E-state index in [1.165, 1.54) is 0 Å². The number of halogens is 1. The van der Waals surface area contributed by atoms with E-state index >= 15 is 0 Å². The highest BCUT2D eigenvalue weighted by atomic mass is 35.5. The molecule has 1 N–H and O–H groups in total. The van der Waals surface area contributed by atoms with E-state index in [0.29, 0.717) is 30.2 Å². The summed E-state index contributed by atoms with van der Waals surface area (Å²) in [4.78, 5) is 14.6. The normalized spacial score (nSPS) is 18.0. The third kappa shape index (κ3) is 3.30. The summed E-state index contributed by atoms with van der Waals surface area (Å²) in [5.74, 6) is 0.0361. The molecule has 7 heteroatoms. The van der Waals surface area contributed by atoms with Crippen LogP contribution in [0.4, 0.5) is 0 Å². The van der Waals surface area contributed by atoms with Gasteiger partial charge in [-0.3, -0.25) is 4.79 Å². The molecule has 0 radical (unpaired) electrons. The molecule has 24 heavy (non-hydrogen) atoms. The Hall–Kier alpha value is -1.92. The van der Waals surface area contributed by atoms with Gasteiger partial charge in [0, 0.05) is 24.7 Å². The lowest BCUT2D eigenvalue weighted by Crippen LogP contribution is -2.41. The van der Waals surface area contributed by atoms with Crippen molar-refractivity contribution in [2.75, 3.05) is 19.7 Å². The summed E-state index contributed by atoms with van der Waals surface area (Å²) in [5.41, 5.74) is 1.95. The van der Waals surface area contributed by atoms with Crippen LogP contribution in [0.15, 0.2) is 24.3 Å². The van der Waals surface area contributed by atoms with E-state index in [9.17, 15) is 9.90 Å². The lowest BCUT2D eigenvalue weighted by molar-refractivity contribution is 0.0614. The van der Waals surface area contributed by atoms with E-state index in [1.54, 1.807) is 21.7 Å². The maximum Gasteiger partial charge on any atom is 0.276 e. The number of nitrogens with zero attached hydrogens (tertiary/aromatic N) is 4.